The quantitative estimate of drug-likeness (QED) is 0.504. The first kappa shape index (κ1) is 23.1. The Labute approximate surface area is 186 Å². The number of benzene rings is 2. The van der Waals surface area contributed by atoms with Crippen LogP contribution in [0.25, 0.3) is 5.69 Å². The number of nitrogens with one attached hydrogen (secondary N) is 1. The molecule has 0 aliphatic rings. The third kappa shape index (κ3) is 4.54. The van der Waals surface area contributed by atoms with Crippen LogP contribution in [-0.4, -0.2) is 37.3 Å². The molecule has 0 aliphatic heterocycles. The fourth-order valence-corrected chi connectivity index (χ4v) is 4.30. The van der Waals surface area contributed by atoms with Crippen molar-refractivity contribution < 1.29 is 23.0 Å². The van der Waals surface area contributed by atoms with Crippen LogP contribution in [-0.2, 0) is 16.4 Å². The van der Waals surface area contributed by atoms with Gasteiger partial charge in [-0.1, -0.05) is 37.6 Å². The van der Waals surface area contributed by atoms with Gasteiger partial charge in [-0.15, -0.1) is 0 Å². The van der Waals surface area contributed by atoms with E-state index in [-0.39, 0.29) is 16.4 Å². The number of ether oxygens (including phenoxy) is 2. The lowest BCUT2D eigenvalue weighted by atomic mass is 10.2. The number of rotatable bonds is 9. The van der Waals surface area contributed by atoms with Crippen molar-refractivity contribution in [3.8, 4) is 23.1 Å². The normalized spacial score (nSPS) is 11.2. The molecule has 3 aromatic rings. The molecule has 0 aliphatic carbocycles. The molecular weight excluding hydrogens is 434 g/mol. The van der Waals surface area contributed by atoms with Crippen molar-refractivity contribution in [1.29, 1.82) is 0 Å². The second-order valence-corrected chi connectivity index (χ2v) is 8.58. The molecule has 1 heterocycles. The van der Waals surface area contributed by atoms with E-state index in [9.17, 15) is 18.3 Å². The van der Waals surface area contributed by atoms with Gasteiger partial charge in [-0.2, -0.15) is 4.98 Å². The van der Waals surface area contributed by atoms with E-state index in [1.165, 1.54) is 30.9 Å². The van der Waals surface area contributed by atoms with E-state index in [0.717, 1.165) is 6.42 Å². The van der Waals surface area contributed by atoms with Gasteiger partial charge in [0.15, 0.2) is 5.69 Å². The van der Waals surface area contributed by atoms with E-state index in [1.54, 1.807) is 36.4 Å². The lowest BCUT2D eigenvalue weighted by Crippen LogP contribution is -2.29. The Bertz CT molecular complexity index is 1230. The van der Waals surface area contributed by atoms with Crippen molar-refractivity contribution in [3.63, 3.8) is 0 Å². The van der Waals surface area contributed by atoms with Crippen molar-refractivity contribution in [2.45, 2.75) is 31.1 Å². The predicted octanol–water partition coefficient (Wildman–Crippen LogP) is 3.10. The van der Waals surface area contributed by atoms with Crippen LogP contribution in [0.1, 0.15) is 25.6 Å². The van der Waals surface area contributed by atoms with Gasteiger partial charge in [0.25, 0.3) is 15.6 Å². The zero-order valence-electron chi connectivity index (χ0n) is 18.0. The second kappa shape index (κ2) is 9.73. The molecule has 3 rings (SSSR count). The Kier molecular flexibility index (Phi) is 7.04. The summed E-state index contributed by atoms with van der Waals surface area (Å²) >= 11 is 0. The number of hydrogen-bond acceptors (Lipinski definition) is 7. The molecule has 0 saturated carbocycles. The van der Waals surface area contributed by atoms with Crippen LogP contribution >= 0.6 is 0 Å². The molecule has 0 unspecified atom stereocenters. The first-order valence-electron chi connectivity index (χ1n) is 9.98. The second-order valence-electron chi connectivity index (χ2n) is 6.90. The van der Waals surface area contributed by atoms with E-state index in [4.69, 9.17) is 9.47 Å². The monoisotopic (exact) mass is 459 g/mol. The molecule has 0 saturated heterocycles. The minimum absolute atomic E-state index is 0.0599. The Morgan fingerprint density at radius 3 is 2.22 bits per heavy atom. The van der Waals surface area contributed by atoms with Gasteiger partial charge < -0.3 is 14.6 Å². The van der Waals surface area contributed by atoms with Gasteiger partial charge in [-0.3, -0.25) is 14.1 Å². The van der Waals surface area contributed by atoms with E-state index in [0.29, 0.717) is 24.3 Å². The molecule has 32 heavy (non-hydrogen) atoms. The number of aromatic hydroxyl groups is 1. The van der Waals surface area contributed by atoms with E-state index in [1.807, 2.05) is 6.92 Å². The number of para-hydroxylation sites is 1. The molecule has 0 radical (unpaired) electrons. The molecule has 0 spiro atoms. The van der Waals surface area contributed by atoms with Gasteiger partial charge in [0, 0.05) is 6.42 Å². The van der Waals surface area contributed by atoms with Crippen molar-refractivity contribution >= 4 is 15.7 Å². The average molecular weight is 460 g/mol. The summed E-state index contributed by atoms with van der Waals surface area (Å²) in [7, 11) is -1.25. The van der Waals surface area contributed by atoms with Crippen LogP contribution in [0.3, 0.4) is 0 Å². The molecule has 0 atom stereocenters. The highest BCUT2D eigenvalue weighted by molar-refractivity contribution is 7.92. The third-order valence-electron chi connectivity index (χ3n) is 4.80. The number of aryl methyl sites for hydroxylation is 1. The minimum Gasteiger partial charge on any atom is -0.494 e. The standard InChI is InChI=1S/C22H25N3O6S/c1-4-5-14-18-23-21(26)19(24-32(28,29)15-10-7-6-8-11-15)22(27)25(18)20-16(30-2)12-9-13-17(20)31-3/h6-13,24,26H,4-5,14H2,1-3H3. The molecule has 2 N–H and O–H groups in total. The fourth-order valence-electron chi connectivity index (χ4n) is 3.22. The van der Waals surface area contributed by atoms with Crippen molar-refractivity contribution in [1.82, 2.24) is 9.55 Å². The van der Waals surface area contributed by atoms with E-state index < -0.39 is 27.1 Å². The lowest BCUT2D eigenvalue weighted by molar-refractivity contribution is 0.388. The SMILES string of the molecule is CCCCc1nc(O)c(NS(=O)(=O)c2ccccc2)c(=O)n1-c1c(OC)cccc1OC. The smallest absolute Gasteiger partial charge is 0.286 e. The number of hydrogen-bond donors (Lipinski definition) is 2. The summed E-state index contributed by atoms with van der Waals surface area (Å²) in [5.41, 5.74) is -1.10. The largest absolute Gasteiger partial charge is 0.494 e. The van der Waals surface area contributed by atoms with Crippen LogP contribution in [0, 0.1) is 0 Å². The topological polar surface area (TPSA) is 120 Å². The summed E-state index contributed by atoms with van der Waals surface area (Å²) in [6, 6.07) is 12.5. The zero-order chi connectivity index (χ0) is 23.3. The molecule has 10 heteroatoms. The van der Waals surface area contributed by atoms with Crippen molar-refractivity contribution in [2.24, 2.45) is 0 Å². The molecule has 0 amide bonds. The van der Waals surface area contributed by atoms with Crippen LogP contribution in [0.4, 0.5) is 5.69 Å². The maximum atomic E-state index is 13.5. The molecule has 0 bridgehead atoms. The summed E-state index contributed by atoms with van der Waals surface area (Å²) in [5.74, 6) is 0.202. The lowest BCUT2D eigenvalue weighted by Gasteiger charge is -2.19. The maximum Gasteiger partial charge on any atom is 0.286 e. The van der Waals surface area contributed by atoms with Crippen molar-refractivity contribution in [3.05, 3.63) is 64.7 Å². The molecule has 2 aromatic carbocycles. The Hall–Kier alpha value is -3.53. The Morgan fingerprint density at radius 2 is 1.66 bits per heavy atom. The molecule has 9 nitrogen and oxygen atoms in total. The van der Waals surface area contributed by atoms with Gasteiger partial charge in [-0.05, 0) is 30.7 Å². The average Bonchev–Trinajstić information content (AvgIpc) is 2.80. The third-order valence-corrected chi connectivity index (χ3v) is 6.17. The predicted molar refractivity (Wildman–Crippen MR) is 120 cm³/mol. The highest BCUT2D eigenvalue weighted by Gasteiger charge is 2.25. The summed E-state index contributed by atoms with van der Waals surface area (Å²) in [4.78, 5) is 17.6. The number of anilines is 1. The Balaban J connectivity index is 2.27. The van der Waals surface area contributed by atoms with Crippen molar-refractivity contribution in [2.75, 3.05) is 18.9 Å². The maximum absolute atomic E-state index is 13.5. The van der Waals surface area contributed by atoms with Gasteiger partial charge in [0.05, 0.1) is 19.1 Å². The number of aromatic nitrogens is 2. The highest BCUT2D eigenvalue weighted by Crippen LogP contribution is 2.33. The fraction of sp³-hybridized carbons (Fsp3) is 0.273. The number of methoxy groups -OCH3 is 2. The van der Waals surface area contributed by atoms with Gasteiger partial charge >= 0.3 is 0 Å². The minimum atomic E-state index is -4.14. The van der Waals surface area contributed by atoms with Crippen LogP contribution < -0.4 is 19.8 Å². The molecule has 1 aromatic heterocycles. The van der Waals surface area contributed by atoms with Crippen LogP contribution in [0.5, 0.6) is 17.4 Å². The van der Waals surface area contributed by atoms with Gasteiger partial charge in [0.2, 0.25) is 5.88 Å². The number of unbranched alkanes of at least 4 members (excludes halogenated alkanes) is 1. The summed E-state index contributed by atoms with van der Waals surface area (Å²) < 4.78 is 39.9. The highest BCUT2D eigenvalue weighted by atomic mass is 32.2. The van der Waals surface area contributed by atoms with Gasteiger partial charge in [0.1, 0.15) is 23.0 Å². The summed E-state index contributed by atoms with van der Waals surface area (Å²) in [6.45, 7) is 1.98. The molecule has 170 valence electrons. The first-order chi connectivity index (χ1) is 15.3. The van der Waals surface area contributed by atoms with Crippen LogP contribution in [0.15, 0.2) is 58.2 Å². The number of nitrogens with zero attached hydrogens (tertiary/aromatic N) is 2. The van der Waals surface area contributed by atoms with E-state index >= 15 is 0 Å². The number of sulfonamides is 1. The first-order valence-corrected chi connectivity index (χ1v) is 11.5. The van der Waals surface area contributed by atoms with Crippen LogP contribution in [0.2, 0.25) is 0 Å². The van der Waals surface area contributed by atoms with Gasteiger partial charge in [-0.25, -0.2) is 8.42 Å². The molecule has 0 fully saturated rings. The summed E-state index contributed by atoms with van der Waals surface area (Å²) in [5, 5.41) is 10.5. The van der Waals surface area contributed by atoms with E-state index in [2.05, 4.69) is 9.71 Å². The Morgan fingerprint density at radius 1 is 1.03 bits per heavy atom. The zero-order valence-corrected chi connectivity index (χ0v) is 18.8. The summed E-state index contributed by atoms with van der Waals surface area (Å²) in [6.07, 6.45) is 1.88. The molecular formula is C22H25N3O6S.